The summed E-state index contributed by atoms with van der Waals surface area (Å²) in [6, 6.07) is 0. The summed E-state index contributed by atoms with van der Waals surface area (Å²) in [4.78, 5) is 14.2. The van der Waals surface area contributed by atoms with Crippen molar-refractivity contribution in [2.45, 2.75) is 92.9 Å². The summed E-state index contributed by atoms with van der Waals surface area (Å²) < 4.78 is 16.9. The lowest BCUT2D eigenvalue weighted by molar-refractivity contribution is -0.139. The van der Waals surface area contributed by atoms with Crippen molar-refractivity contribution in [3.05, 3.63) is 5.76 Å². The van der Waals surface area contributed by atoms with E-state index in [0.29, 0.717) is 47.5 Å². The first-order valence-electron chi connectivity index (χ1n) is 12.0. The predicted molar refractivity (Wildman–Crippen MR) is 121 cm³/mol. The van der Waals surface area contributed by atoms with Gasteiger partial charge in [0.2, 0.25) is 5.76 Å². The van der Waals surface area contributed by atoms with E-state index in [1.807, 2.05) is 0 Å². The molecule has 7 nitrogen and oxygen atoms in total. The zero-order valence-electron chi connectivity index (χ0n) is 19.4. The third-order valence-corrected chi connectivity index (χ3v) is 9.11. The number of thioether (sulfide) groups is 1. The number of carbonyl (C=O) groups excluding carboxylic acids is 1. The summed E-state index contributed by atoms with van der Waals surface area (Å²) >= 11 is 1.65. The van der Waals surface area contributed by atoms with Crippen LogP contribution in [0.25, 0.3) is 0 Å². The third-order valence-electron chi connectivity index (χ3n) is 7.71. The molecule has 2 unspecified atom stereocenters. The molecule has 1 aromatic rings. The molecule has 5 aliphatic rings. The van der Waals surface area contributed by atoms with Crippen molar-refractivity contribution < 1.29 is 23.9 Å². The van der Waals surface area contributed by atoms with Crippen LogP contribution < -0.4 is 10.1 Å². The summed E-state index contributed by atoms with van der Waals surface area (Å²) in [5, 5.41) is 19.0. The molecule has 32 heavy (non-hydrogen) atoms. The molecule has 0 radical (unpaired) electrons. The lowest BCUT2D eigenvalue weighted by atomic mass is 9.51. The Morgan fingerprint density at radius 1 is 1.25 bits per heavy atom. The van der Waals surface area contributed by atoms with E-state index in [0.717, 1.165) is 38.5 Å². The minimum absolute atomic E-state index is 0.177. The fourth-order valence-corrected chi connectivity index (χ4v) is 7.95. The van der Waals surface area contributed by atoms with Crippen molar-refractivity contribution in [3.8, 4) is 5.88 Å². The number of nitrogens with one attached hydrogen (secondary N) is 1. The van der Waals surface area contributed by atoms with Crippen LogP contribution in [0, 0.1) is 17.3 Å². The Kier molecular flexibility index (Phi) is 5.78. The molecule has 2 N–H and O–H groups in total. The van der Waals surface area contributed by atoms with Gasteiger partial charge in [0.25, 0.3) is 11.8 Å². The van der Waals surface area contributed by atoms with Crippen LogP contribution >= 0.6 is 11.8 Å². The number of aliphatic hydroxyl groups is 1. The highest BCUT2D eigenvalue weighted by Crippen LogP contribution is 2.57. The molecule has 5 saturated carbocycles. The second kappa shape index (κ2) is 8.20. The topological polar surface area (TPSA) is 93.8 Å². The quantitative estimate of drug-likeness (QED) is 0.566. The number of carbonyl (C=O) groups is 1. The summed E-state index contributed by atoms with van der Waals surface area (Å²) in [5.74, 6) is 1.43. The number of hydrogen-bond donors (Lipinski definition) is 2. The number of methoxy groups -OCH3 is 1. The van der Waals surface area contributed by atoms with Crippen LogP contribution in [0.2, 0.25) is 0 Å². The van der Waals surface area contributed by atoms with Gasteiger partial charge in [-0.3, -0.25) is 4.79 Å². The molecule has 8 heteroatoms. The molecular formula is C24H36N2O5S. The van der Waals surface area contributed by atoms with Gasteiger partial charge in [-0.25, -0.2) is 0 Å². The molecular weight excluding hydrogens is 428 g/mol. The van der Waals surface area contributed by atoms with E-state index in [2.05, 4.69) is 24.3 Å². The number of rotatable bonds is 9. The second-order valence-electron chi connectivity index (χ2n) is 11.6. The van der Waals surface area contributed by atoms with Gasteiger partial charge in [0.1, 0.15) is 4.90 Å². The standard InChI is InChI=1S/C24H36N2O5S/c1-22(2,13-29-3)14-30-21-19(32-17-5-4-6-17)18(31-26-21)20(27)25-23-8-15-7-16(9-23)11-24(28,10-15)12-23/h15-17,28H,4-14H2,1-3H3,(H,25,27)/t15?,16?,23-,24-. The molecule has 6 rings (SSSR count). The molecule has 5 fully saturated rings. The van der Waals surface area contributed by atoms with Gasteiger partial charge in [-0.2, -0.15) is 0 Å². The van der Waals surface area contributed by atoms with E-state index >= 15 is 0 Å². The van der Waals surface area contributed by atoms with Gasteiger partial charge in [0.05, 0.1) is 18.8 Å². The van der Waals surface area contributed by atoms with E-state index < -0.39 is 5.60 Å². The first kappa shape index (κ1) is 22.5. The molecule has 0 aliphatic heterocycles. The van der Waals surface area contributed by atoms with Crippen LogP contribution in [0.5, 0.6) is 5.88 Å². The average molecular weight is 465 g/mol. The molecule has 1 heterocycles. The molecule has 4 bridgehead atoms. The molecule has 2 atom stereocenters. The van der Waals surface area contributed by atoms with Gasteiger partial charge >= 0.3 is 0 Å². The number of ether oxygens (including phenoxy) is 2. The summed E-state index contributed by atoms with van der Waals surface area (Å²) in [7, 11) is 1.68. The van der Waals surface area contributed by atoms with Gasteiger partial charge in [0, 0.05) is 23.3 Å². The lowest BCUT2D eigenvalue weighted by Gasteiger charge is -2.60. The van der Waals surface area contributed by atoms with Crippen LogP contribution in [0.4, 0.5) is 0 Å². The van der Waals surface area contributed by atoms with Crippen molar-refractivity contribution in [2.75, 3.05) is 20.3 Å². The fourth-order valence-electron chi connectivity index (χ4n) is 6.62. The van der Waals surface area contributed by atoms with Crippen LogP contribution in [0.15, 0.2) is 9.42 Å². The van der Waals surface area contributed by atoms with Crippen molar-refractivity contribution >= 4 is 17.7 Å². The van der Waals surface area contributed by atoms with Crippen LogP contribution in [-0.2, 0) is 4.74 Å². The van der Waals surface area contributed by atoms with E-state index in [4.69, 9.17) is 14.0 Å². The van der Waals surface area contributed by atoms with Crippen LogP contribution in [0.1, 0.15) is 82.2 Å². The van der Waals surface area contributed by atoms with Crippen molar-refractivity contribution in [3.63, 3.8) is 0 Å². The minimum atomic E-state index is -0.622. The summed E-state index contributed by atoms with van der Waals surface area (Å²) in [6.07, 6.45) is 8.95. The highest BCUT2D eigenvalue weighted by Gasteiger charge is 2.58. The zero-order valence-corrected chi connectivity index (χ0v) is 20.3. The number of nitrogens with zero attached hydrogens (tertiary/aromatic N) is 1. The van der Waals surface area contributed by atoms with E-state index in [1.165, 1.54) is 12.8 Å². The first-order valence-corrected chi connectivity index (χ1v) is 12.9. The molecule has 0 aromatic carbocycles. The monoisotopic (exact) mass is 464 g/mol. The molecule has 0 spiro atoms. The maximum atomic E-state index is 13.4. The van der Waals surface area contributed by atoms with Gasteiger partial charge in [-0.05, 0) is 68.4 Å². The summed E-state index contributed by atoms with van der Waals surface area (Å²) in [6.45, 7) is 5.13. The Hall–Kier alpha value is -1.25. The second-order valence-corrected chi connectivity index (χ2v) is 12.9. The summed E-state index contributed by atoms with van der Waals surface area (Å²) in [5.41, 5.74) is -1.13. The largest absolute Gasteiger partial charge is 0.474 e. The molecule has 1 aromatic heterocycles. The van der Waals surface area contributed by atoms with Gasteiger partial charge in [0.15, 0.2) is 0 Å². The van der Waals surface area contributed by atoms with Crippen LogP contribution in [-0.4, -0.2) is 52.9 Å². The Morgan fingerprint density at radius 3 is 2.56 bits per heavy atom. The Morgan fingerprint density at radius 2 is 1.97 bits per heavy atom. The minimum Gasteiger partial charge on any atom is -0.474 e. The predicted octanol–water partition coefficient (Wildman–Crippen LogP) is 4.18. The van der Waals surface area contributed by atoms with Crippen LogP contribution in [0.3, 0.4) is 0 Å². The molecule has 1 amide bonds. The normalized spacial score (nSPS) is 33.9. The number of hydrogen-bond acceptors (Lipinski definition) is 7. The average Bonchev–Trinajstić information content (AvgIpc) is 3.03. The van der Waals surface area contributed by atoms with Crippen molar-refractivity contribution in [2.24, 2.45) is 17.3 Å². The number of amides is 1. The highest BCUT2D eigenvalue weighted by molar-refractivity contribution is 8.00. The zero-order chi connectivity index (χ0) is 22.6. The van der Waals surface area contributed by atoms with E-state index in [1.54, 1.807) is 18.9 Å². The Bertz CT molecular complexity index is 851. The van der Waals surface area contributed by atoms with Crippen molar-refractivity contribution in [1.82, 2.24) is 10.5 Å². The molecule has 0 saturated heterocycles. The maximum absolute atomic E-state index is 13.4. The lowest BCUT2D eigenvalue weighted by Crippen LogP contribution is -2.65. The maximum Gasteiger partial charge on any atom is 0.291 e. The van der Waals surface area contributed by atoms with E-state index in [9.17, 15) is 9.90 Å². The van der Waals surface area contributed by atoms with Gasteiger partial charge in [-0.1, -0.05) is 20.3 Å². The number of aromatic nitrogens is 1. The fraction of sp³-hybridized carbons (Fsp3) is 0.833. The first-order chi connectivity index (χ1) is 15.2. The van der Waals surface area contributed by atoms with Gasteiger partial charge < -0.3 is 24.4 Å². The smallest absolute Gasteiger partial charge is 0.291 e. The highest BCUT2D eigenvalue weighted by atomic mass is 32.2. The van der Waals surface area contributed by atoms with Crippen molar-refractivity contribution in [1.29, 1.82) is 0 Å². The van der Waals surface area contributed by atoms with E-state index in [-0.39, 0.29) is 22.6 Å². The Balaban J connectivity index is 1.34. The van der Waals surface area contributed by atoms with Gasteiger partial charge in [-0.15, -0.1) is 11.8 Å². The Labute approximate surface area is 194 Å². The molecule has 178 valence electrons. The third kappa shape index (κ3) is 4.42. The SMILES string of the molecule is COCC(C)(C)COc1noc(C(=O)N[C@]23CC4CC(C[C@@](O)(C4)C2)C3)c1SC1CCC1. The molecule has 5 aliphatic carbocycles.